The minimum Gasteiger partial charge on any atom is -0.444 e. The van der Waals surface area contributed by atoms with Crippen LogP contribution in [-0.2, 0) is 14.8 Å². The molecular formula is C30H28Cl2F3N3O6S. The highest BCUT2D eigenvalue weighted by atomic mass is 35.5. The second-order valence-electron chi connectivity index (χ2n) is 11.5. The summed E-state index contributed by atoms with van der Waals surface area (Å²) in [5.41, 5.74) is 0.546. The maximum Gasteiger partial charge on any atom is 0.573 e. The van der Waals surface area contributed by atoms with Crippen LogP contribution < -0.4 is 4.74 Å². The number of aliphatic hydroxyl groups excluding tert-OH is 1. The number of fused-ring (bicyclic) bond motifs is 3. The van der Waals surface area contributed by atoms with Crippen molar-refractivity contribution < 1.29 is 41.0 Å². The molecular weight excluding hydrogens is 658 g/mol. The first kappa shape index (κ1) is 32.9. The molecule has 0 radical (unpaired) electrons. The van der Waals surface area contributed by atoms with Gasteiger partial charge in [-0.25, -0.2) is 4.79 Å². The van der Waals surface area contributed by atoms with Crippen molar-refractivity contribution in [1.29, 1.82) is 0 Å². The van der Waals surface area contributed by atoms with Gasteiger partial charge in [-0.1, -0.05) is 23.2 Å². The van der Waals surface area contributed by atoms with Crippen molar-refractivity contribution >= 4 is 67.3 Å². The second-order valence-corrected chi connectivity index (χ2v) is 14.1. The van der Waals surface area contributed by atoms with Gasteiger partial charge in [0.05, 0.1) is 17.0 Å². The van der Waals surface area contributed by atoms with Gasteiger partial charge in [0, 0.05) is 57.1 Å². The van der Waals surface area contributed by atoms with E-state index < -0.39 is 56.8 Å². The molecule has 0 bridgehead atoms. The molecule has 1 unspecified atom stereocenters. The molecule has 15 heteroatoms. The summed E-state index contributed by atoms with van der Waals surface area (Å²) in [5.74, 6) is -1.59. The second kappa shape index (κ2) is 12.0. The lowest BCUT2D eigenvalue weighted by molar-refractivity contribution is -0.274. The van der Waals surface area contributed by atoms with Gasteiger partial charge < -0.3 is 24.0 Å². The normalized spacial score (nSPS) is 19.8. The van der Waals surface area contributed by atoms with Crippen LogP contribution in [0.25, 0.3) is 21.8 Å². The number of ether oxygens (including phenoxy) is 2. The lowest BCUT2D eigenvalue weighted by Gasteiger charge is -2.41. The maximum atomic E-state index is 13.3. The van der Waals surface area contributed by atoms with Crippen LogP contribution in [0.4, 0.5) is 18.0 Å². The Labute approximate surface area is 266 Å². The highest BCUT2D eigenvalue weighted by Crippen LogP contribution is 2.39. The smallest absolute Gasteiger partial charge is 0.444 e. The zero-order chi connectivity index (χ0) is 32.9. The van der Waals surface area contributed by atoms with Gasteiger partial charge in [0.2, 0.25) is 0 Å². The van der Waals surface area contributed by atoms with E-state index in [9.17, 15) is 31.5 Å². The lowest BCUT2D eigenvalue weighted by Crippen LogP contribution is -2.53. The summed E-state index contributed by atoms with van der Waals surface area (Å²) >= 11 is 12.6. The molecule has 0 aliphatic carbocycles. The van der Waals surface area contributed by atoms with E-state index in [1.54, 1.807) is 57.2 Å². The third-order valence-electron chi connectivity index (χ3n) is 7.13. The first-order valence-corrected chi connectivity index (χ1v) is 15.8. The number of halogens is 5. The molecule has 240 valence electrons. The molecule has 45 heavy (non-hydrogen) atoms. The molecule has 5 rings (SSSR count). The Hall–Kier alpha value is -3.52. The molecule has 1 aromatic heterocycles. The number of piperidine rings is 1. The van der Waals surface area contributed by atoms with Crippen molar-refractivity contribution in [2.24, 2.45) is 10.3 Å². The maximum absolute atomic E-state index is 13.3. The van der Waals surface area contributed by atoms with E-state index >= 15 is 0 Å². The van der Waals surface area contributed by atoms with Crippen LogP contribution in [0.15, 0.2) is 70.0 Å². The molecule has 1 fully saturated rings. The molecule has 3 aromatic carbocycles. The SMILES string of the molecule is CC(C)(C)OC(=O)N1CC(/C=N\S(=O)(=O)c2ccc(OC(F)(F)F)cc2)[C@H](O)[C@@H](n2c3ccc(Cl)cc3c3cc(Cl)ccc32)C1. The van der Waals surface area contributed by atoms with E-state index in [-0.39, 0.29) is 13.1 Å². The summed E-state index contributed by atoms with van der Waals surface area (Å²) in [6, 6.07) is 13.2. The Balaban J connectivity index is 1.54. The molecule has 9 nitrogen and oxygen atoms in total. The van der Waals surface area contributed by atoms with Crippen LogP contribution in [-0.4, -0.2) is 66.5 Å². The molecule has 4 aromatic rings. The predicted octanol–water partition coefficient (Wildman–Crippen LogP) is 7.23. The van der Waals surface area contributed by atoms with Crippen molar-refractivity contribution in [3.05, 3.63) is 70.7 Å². The summed E-state index contributed by atoms with van der Waals surface area (Å²) in [6.45, 7) is 5.01. The standard InChI is InChI=1S/C30H28Cl2F3N3O6S/c1-29(2,3)44-28(40)37-15-17(14-36-45(41,42)21-8-6-20(7-9-21)43-30(33,34)35)27(39)26(16-37)38-24-10-4-18(31)12-22(24)23-13-19(32)5-11-25(23)38/h4-14,17,26-27,39H,15-16H2,1-3H3/b36-14-/t17?,26-,27-/m0/s1. The molecule has 0 saturated carbocycles. The Morgan fingerprint density at radius 2 is 1.51 bits per heavy atom. The minimum atomic E-state index is -4.94. The number of carbonyl (C=O) groups excluding carboxylic acids is 1. The molecule has 1 N–H and O–H groups in total. The summed E-state index contributed by atoms with van der Waals surface area (Å²) in [6.07, 6.45) is -5.82. The average molecular weight is 687 g/mol. The Kier molecular flexibility index (Phi) is 8.77. The van der Waals surface area contributed by atoms with Gasteiger partial charge in [-0.15, -0.1) is 13.2 Å². The Morgan fingerprint density at radius 1 is 0.956 bits per heavy atom. The molecule has 3 atom stereocenters. The number of nitrogens with zero attached hydrogens (tertiary/aromatic N) is 3. The summed E-state index contributed by atoms with van der Waals surface area (Å²) in [5, 5.41) is 14.2. The van der Waals surface area contributed by atoms with Gasteiger partial charge in [0.25, 0.3) is 10.0 Å². The summed E-state index contributed by atoms with van der Waals surface area (Å²) < 4.78 is 78.6. The number of alkyl halides is 3. The number of amides is 1. The van der Waals surface area contributed by atoms with Crippen LogP contribution in [0, 0.1) is 5.92 Å². The highest BCUT2D eigenvalue weighted by Gasteiger charge is 2.41. The largest absolute Gasteiger partial charge is 0.573 e. The van der Waals surface area contributed by atoms with E-state index in [2.05, 4.69) is 9.13 Å². The fourth-order valence-electron chi connectivity index (χ4n) is 5.29. The van der Waals surface area contributed by atoms with Crippen LogP contribution in [0.3, 0.4) is 0 Å². The fraction of sp³-hybridized carbons (Fsp3) is 0.333. The zero-order valence-electron chi connectivity index (χ0n) is 24.1. The predicted molar refractivity (Wildman–Crippen MR) is 165 cm³/mol. The van der Waals surface area contributed by atoms with Crippen LogP contribution >= 0.6 is 23.2 Å². The molecule has 1 saturated heterocycles. The molecule has 1 aliphatic heterocycles. The monoisotopic (exact) mass is 685 g/mol. The van der Waals surface area contributed by atoms with Crippen molar-refractivity contribution in [2.45, 2.75) is 49.8 Å². The molecule has 2 heterocycles. The highest BCUT2D eigenvalue weighted by molar-refractivity contribution is 7.90. The van der Waals surface area contributed by atoms with Crippen LogP contribution in [0.5, 0.6) is 5.75 Å². The molecule has 0 spiro atoms. The van der Waals surface area contributed by atoms with Crippen molar-refractivity contribution in [2.75, 3.05) is 13.1 Å². The van der Waals surface area contributed by atoms with Gasteiger partial charge >= 0.3 is 12.5 Å². The van der Waals surface area contributed by atoms with Gasteiger partial charge in [0.15, 0.2) is 0 Å². The van der Waals surface area contributed by atoms with E-state index in [0.717, 1.165) is 41.3 Å². The summed E-state index contributed by atoms with van der Waals surface area (Å²) in [7, 11) is -4.41. The number of hydrogen-bond donors (Lipinski definition) is 1. The summed E-state index contributed by atoms with van der Waals surface area (Å²) in [4.78, 5) is 14.3. The van der Waals surface area contributed by atoms with Crippen LogP contribution in [0.2, 0.25) is 10.0 Å². The number of likely N-dealkylation sites (tertiary alicyclic amines) is 1. The first-order valence-electron chi connectivity index (χ1n) is 13.6. The van der Waals surface area contributed by atoms with Crippen molar-refractivity contribution in [3.8, 4) is 5.75 Å². The fourth-order valence-corrected chi connectivity index (χ4v) is 6.55. The number of carbonyl (C=O) groups is 1. The quantitative estimate of drug-likeness (QED) is 0.222. The number of aromatic nitrogens is 1. The number of sulfonamides is 1. The molecule has 1 amide bonds. The Bertz CT molecular complexity index is 1830. The third-order valence-corrected chi connectivity index (χ3v) is 8.86. The topological polar surface area (TPSA) is 110 Å². The number of rotatable bonds is 5. The van der Waals surface area contributed by atoms with E-state index in [0.29, 0.717) is 21.1 Å². The number of benzene rings is 3. The van der Waals surface area contributed by atoms with Gasteiger partial charge in [0.1, 0.15) is 11.4 Å². The minimum absolute atomic E-state index is 0.0119. The zero-order valence-corrected chi connectivity index (χ0v) is 26.5. The Morgan fingerprint density at radius 3 is 2.02 bits per heavy atom. The third kappa shape index (κ3) is 7.32. The van der Waals surface area contributed by atoms with E-state index in [1.165, 1.54) is 4.90 Å². The average Bonchev–Trinajstić information content (AvgIpc) is 3.23. The number of hydrogen-bond acceptors (Lipinski definition) is 6. The van der Waals surface area contributed by atoms with Gasteiger partial charge in [-0.2, -0.15) is 12.8 Å². The lowest BCUT2D eigenvalue weighted by atomic mass is 9.91. The van der Waals surface area contributed by atoms with Crippen LogP contribution in [0.1, 0.15) is 26.8 Å². The van der Waals surface area contributed by atoms with Gasteiger partial charge in [-0.3, -0.25) is 0 Å². The van der Waals surface area contributed by atoms with Crippen molar-refractivity contribution in [3.63, 3.8) is 0 Å². The number of aliphatic hydroxyl groups is 1. The van der Waals surface area contributed by atoms with E-state index in [1.807, 2.05) is 4.57 Å². The van der Waals surface area contributed by atoms with E-state index in [4.69, 9.17) is 27.9 Å². The van der Waals surface area contributed by atoms with Gasteiger partial charge in [-0.05, 0) is 81.4 Å². The molecule has 1 aliphatic rings. The van der Waals surface area contributed by atoms with Crippen molar-refractivity contribution in [1.82, 2.24) is 9.47 Å². The first-order chi connectivity index (χ1) is 20.9.